The molecule has 0 fully saturated rings. The molecule has 0 atom stereocenters. The number of rotatable bonds is 8. The van der Waals surface area contributed by atoms with E-state index in [4.69, 9.17) is 4.74 Å². The Labute approximate surface area is 194 Å². The number of ether oxygens (including phenoxy) is 1. The van der Waals surface area contributed by atoms with Crippen LogP contribution in [0.5, 0.6) is 0 Å². The van der Waals surface area contributed by atoms with Crippen molar-refractivity contribution in [2.45, 2.75) is 59.1 Å². The standard InChI is InChI=1S/C26H32N4O3/c1-5-6-11-23(31)30-22-17-27-21-10-8-7-9-20(21)24(22)28-16-18-12-14-19(15-13-18)29-25(32)33-26(2,3)4/h7-10,12-15,17H,5-6,11,16H2,1-4H3,(H,27,28)(H,29,32)(H,30,31). The van der Waals surface area contributed by atoms with Crippen LogP contribution in [-0.2, 0) is 16.1 Å². The van der Waals surface area contributed by atoms with Gasteiger partial charge < -0.3 is 15.4 Å². The van der Waals surface area contributed by atoms with Gasteiger partial charge in [0.1, 0.15) is 5.60 Å². The number of para-hydroxylation sites is 1. The van der Waals surface area contributed by atoms with Crippen molar-refractivity contribution in [3.05, 3.63) is 60.3 Å². The third-order valence-corrected chi connectivity index (χ3v) is 4.88. The van der Waals surface area contributed by atoms with Crippen molar-refractivity contribution in [2.75, 3.05) is 16.0 Å². The minimum absolute atomic E-state index is 0.0189. The summed E-state index contributed by atoms with van der Waals surface area (Å²) >= 11 is 0. The largest absolute Gasteiger partial charge is 0.444 e. The molecule has 7 nitrogen and oxygen atoms in total. The number of nitrogens with zero attached hydrogens (tertiary/aromatic N) is 1. The Morgan fingerprint density at radius 2 is 1.73 bits per heavy atom. The zero-order valence-electron chi connectivity index (χ0n) is 19.7. The van der Waals surface area contributed by atoms with Gasteiger partial charge >= 0.3 is 6.09 Å². The Balaban J connectivity index is 1.72. The van der Waals surface area contributed by atoms with Crippen LogP contribution < -0.4 is 16.0 Å². The predicted octanol–water partition coefficient (Wildman–Crippen LogP) is 6.32. The van der Waals surface area contributed by atoms with Crippen LogP contribution in [0.1, 0.15) is 52.5 Å². The number of amides is 2. The second-order valence-electron chi connectivity index (χ2n) is 8.89. The molecule has 0 bridgehead atoms. The highest BCUT2D eigenvalue weighted by Crippen LogP contribution is 2.30. The van der Waals surface area contributed by atoms with Crippen molar-refractivity contribution in [1.29, 1.82) is 0 Å². The summed E-state index contributed by atoms with van der Waals surface area (Å²) in [6, 6.07) is 15.4. The van der Waals surface area contributed by atoms with E-state index in [1.54, 1.807) is 6.20 Å². The highest BCUT2D eigenvalue weighted by atomic mass is 16.6. The maximum atomic E-state index is 12.3. The fourth-order valence-electron chi connectivity index (χ4n) is 3.29. The van der Waals surface area contributed by atoms with Gasteiger partial charge in [-0.1, -0.05) is 43.7 Å². The number of unbranched alkanes of at least 4 members (excludes halogenated alkanes) is 1. The number of hydrogen-bond acceptors (Lipinski definition) is 5. The molecular weight excluding hydrogens is 416 g/mol. The first-order valence-electron chi connectivity index (χ1n) is 11.3. The maximum Gasteiger partial charge on any atom is 0.412 e. The first-order chi connectivity index (χ1) is 15.7. The van der Waals surface area contributed by atoms with E-state index in [0.717, 1.165) is 35.0 Å². The average Bonchev–Trinajstić information content (AvgIpc) is 2.76. The van der Waals surface area contributed by atoms with Crippen molar-refractivity contribution in [2.24, 2.45) is 0 Å². The average molecular weight is 449 g/mol. The van der Waals surface area contributed by atoms with Crippen LogP contribution in [0.4, 0.5) is 21.9 Å². The molecule has 1 heterocycles. The molecule has 2 amide bonds. The first-order valence-corrected chi connectivity index (χ1v) is 11.3. The Bertz CT molecular complexity index is 1100. The molecule has 0 aliphatic carbocycles. The van der Waals surface area contributed by atoms with Gasteiger partial charge in [0.2, 0.25) is 5.91 Å². The van der Waals surface area contributed by atoms with Gasteiger partial charge in [0.25, 0.3) is 0 Å². The molecule has 174 valence electrons. The number of fused-ring (bicyclic) bond motifs is 1. The molecule has 0 aliphatic rings. The molecule has 3 N–H and O–H groups in total. The van der Waals surface area contributed by atoms with Crippen LogP contribution in [0, 0.1) is 0 Å². The second-order valence-corrected chi connectivity index (χ2v) is 8.89. The molecule has 0 spiro atoms. The molecule has 1 aromatic heterocycles. The highest BCUT2D eigenvalue weighted by Gasteiger charge is 2.16. The number of carbonyl (C=O) groups excluding carboxylic acids is 2. The fraction of sp³-hybridized carbons (Fsp3) is 0.346. The van der Waals surface area contributed by atoms with Gasteiger partial charge in [-0.3, -0.25) is 15.1 Å². The summed E-state index contributed by atoms with van der Waals surface area (Å²) in [6.07, 6.45) is 3.50. The fourth-order valence-corrected chi connectivity index (χ4v) is 3.29. The van der Waals surface area contributed by atoms with Gasteiger partial charge in [0.05, 0.1) is 23.1 Å². The van der Waals surface area contributed by atoms with Gasteiger partial charge in [-0.25, -0.2) is 4.79 Å². The number of carbonyl (C=O) groups is 2. The number of hydrogen-bond donors (Lipinski definition) is 3. The van der Waals surface area contributed by atoms with Gasteiger partial charge in [-0.05, 0) is 51.0 Å². The Hall–Kier alpha value is -3.61. The minimum Gasteiger partial charge on any atom is -0.444 e. The van der Waals surface area contributed by atoms with Crippen molar-refractivity contribution in [3.63, 3.8) is 0 Å². The minimum atomic E-state index is -0.551. The monoisotopic (exact) mass is 448 g/mol. The lowest BCUT2D eigenvalue weighted by atomic mass is 10.1. The molecule has 3 rings (SSSR count). The normalized spacial score (nSPS) is 11.2. The Morgan fingerprint density at radius 1 is 1.00 bits per heavy atom. The SMILES string of the molecule is CCCCC(=O)Nc1cnc2ccccc2c1NCc1ccc(NC(=O)OC(C)(C)C)cc1. The summed E-state index contributed by atoms with van der Waals surface area (Å²) < 4.78 is 5.28. The number of benzene rings is 2. The van der Waals surface area contributed by atoms with Crippen molar-refractivity contribution in [3.8, 4) is 0 Å². The van der Waals surface area contributed by atoms with Gasteiger partial charge in [0.15, 0.2) is 0 Å². The highest BCUT2D eigenvalue weighted by molar-refractivity contribution is 6.02. The summed E-state index contributed by atoms with van der Waals surface area (Å²) in [5.41, 5.74) is 3.48. The smallest absolute Gasteiger partial charge is 0.412 e. The van der Waals surface area contributed by atoms with Crippen molar-refractivity contribution < 1.29 is 14.3 Å². The summed E-state index contributed by atoms with van der Waals surface area (Å²) in [5.74, 6) is -0.0189. The lowest BCUT2D eigenvalue weighted by molar-refractivity contribution is -0.116. The van der Waals surface area contributed by atoms with Gasteiger partial charge in [0, 0.05) is 24.0 Å². The van der Waals surface area contributed by atoms with E-state index in [-0.39, 0.29) is 5.91 Å². The number of aromatic nitrogens is 1. The molecular formula is C26H32N4O3. The van der Waals surface area contributed by atoms with Crippen LogP contribution in [-0.4, -0.2) is 22.6 Å². The summed E-state index contributed by atoms with van der Waals surface area (Å²) in [4.78, 5) is 28.8. The molecule has 0 saturated carbocycles. The maximum absolute atomic E-state index is 12.3. The molecule has 0 unspecified atom stereocenters. The van der Waals surface area contributed by atoms with Gasteiger partial charge in [-0.2, -0.15) is 0 Å². The van der Waals surface area contributed by atoms with Crippen molar-refractivity contribution >= 4 is 40.0 Å². The van der Waals surface area contributed by atoms with Gasteiger partial charge in [-0.15, -0.1) is 0 Å². The molecule has 33 heavy (non-hydrogen) atoms. The van der Waals surface area contributed by atoms with Crippen LogP contribution >= 0.6 is 0 Å². The molecule has 7 heteroatoms. The van der Waals surface area contributed by atoms with Crippen molar-refractivity contribution in [1.82, 2.24) is 4.98 Å². The molecule has 0 saturated heterocycles. The van der Waals surface area contributed by atoms with E-state index >= 15 is 0 Å². The molecule has 0 radical (unpaired) electrons. The second kappa shape index (κ2) is 10.8. The Morgan fingerprint density at radius 3 is 2.42 bits per heavy atom. The lowest BCUT2D eigenvalue weighted by Gasteiger charge is -2.19. The zero-order chi connectivity index (χ0) is 23.8. The molecule has 0 aliphatic heterocycles. The first kappa shape index (κ1) is 24.0. The van der Waals surface area contributed by atoms with E-state index in [1.807, 2.05) is 69.3 Å². The van der Waals surface area contributed by atoms with E-state index in [9.17, 15) is 9.59 Å². The number of anilines is 3. The van der Waals surface area contributed by atoms with E-state index < -0.39 is 11.7 Å². The third kappa shape index (κ3) is 7.20. The third-order valence-electron chi connectivity index (χ3n) is 4.88. The predicted molar refractivity (Wildman–Crippen MR) is 134 cm³/mol. The summed E-state index contributed by atoms with van der Waals surface area (Å²) in [7, 11) is 0. The number of nitrogens with one attached hydrogen (secondary N) is 3. The van der Waals surface area contributed by atoms with Crippen LogP contribution in [0.3, 0.4) is 0 Å². The summed E-state index contributed by atoms with van der Waals surface area (Å²) in [6.45, 7) is 8.07. The van der Waals surface area contributed by atoms with E-state index in [2.05, 4.69) is 27.9 Å². The van der Waals surface area contributed by atoms with E-state index in [0.29, 0.717) is 24.3 Å². The number of pyridine rings is 1. The van der Waals surface area contributed by atoms with E-state index in [1.165, 1.54) is 0 Å². The van der Waals surface area contributed by atoms with Crippen LogP contribution in [0.25, 0.3) is 10.9 Å². The zero-order valence-corrected chi connectivity index (χ0v) is 19.7. The quantitative estimate of drug-likeness (QED) is 0.375. The molecule has 2 aromatic carbocycles. The molecule has 3 aromatic rings. The van der Waals surface area contributed by atoms with Crippen LogP contribution in [0.15, 0.2) is 54.7 Å². The topological polar surface area (TPSA) is 92.4 Å². The summed E-state index contributed by atoms with van der Waals surface area (Å²) in [5, 5.41) is 10.1. The Kier molecular flexibility index (Phi) is 7.87. The van der Waals surface area contributed by atoms with Crippen LogP contribution in [0.2, 0.25) is 0 Å². The lowest BCUT2D eigenvalue weighted by Crippen LogP contribution is -2.27.